The van der Waals surface area contributed by atoms with E-state index in [1.165, 1.54) is 35.7 Å². The van der Waals surface area contributed by atoms with E-state index in [-0.39, 0.29) is 12.1 Å². The average molecular weight is 801 g/mol. The van der Waals surface area contributed by atoms with Gasteiger partial charge in [0.1, 0.15) is 22.3 Å². The number of hydrogen-bond acceptors (Lipinski definition) is 12. The van der Waals surface area contributed by atoms with Crippen LogP contribution in [0.3, 0.4) is 0 Å². The van der Waals surface area contributed by atoms with Crippen molar-refractivity contribution in [2.75, 3.05) is 38.7 Å². The zero-order valence-electron chi connectivity index (χ0n) is 33.6. The van der Waals surface area contributed by atoms with E-state index in [0.29, 0.717) is 11.5 Å². The van der Waals surface area contributed by atoms with E-state index in [0.717, 1.165) is 121 Å². The maximum Gasteiger partial charge on any atom is 0.331 e. The minimum absolute atomic E-state index is 0.0421. The highest BCUT2D eigenvalue weighted by atomic mass is 32.2. The molecule has 0 radical (unpaired) electrons. The highest BCUT2D eigenvalue weighted by Gasteiger charge is 2.40. The third-order valence-electron chi connectivity index (χ3n) is 10.8. The van der Waals surface area contributed by atoms with Crippen molar-refractivity contribution in [1.29, 1.82) is 0 Å². The molecule has 0 aliphatic heterocycles. The number of aromatic nitrogens is 2. The molecule has 56 heavy (non-hydrogen) atoms. The van der Waals surface area contributed by atoms with Gasteiger partial charge in [0.2, 0.25) is 0 Å². The Labute approximate surface area is 340 Å². The predicted octanol–water partition coefficient (Wildman–Crippen LogP) is 9.74. The van der Waals surface area contributed by atoms with E-state index in [2.05, 4.69) is 59.9 Å². The number of thioether (sulfide) groups is 2. The quantitative estimate of drug-likeness (QED) is 0.0543. The van der Waals surface area contributed by atoms with Crippen LogP contribution in [0.5, 0.6) is 0 Å². The van der Waals surface area contributed by atoms with Gasteiger partial charge >= 0.3 is 11.9 Å². The van der Waals surface area contributed by atoms with Crippen molar-refractivity contribution in [3.8, 4) is 22.6 Å². The molecule has 0 N–H and O–H groups in total. The molecule has 300 valence electrons. The summed E-state index contributed by atoms with van der Waals surface area (Å²) in [5.74, 6) is 0.0879. The summed E-state index contributed by atoms with van der Waals surface area (Å²) in [5.41, 5.74) is 5.85. The molecule has 2 aromatic carbocycles. The third-order valence-corrected chi connectivity index (χ3v) is 12.1. The van der Waals surface area contributed by atoms with Gasteiger partial charge in [-0.2, -0.15) is 0 Å². The number of hydrogen-bond donors (Lipinski definition) is 0. The summed E-state index contributed by atoms with van der Waals surface area (Å²) in [5, 5.41) is 10.0. The van der Waals surface area contributed by atoms with Crippen molar-refractivity contribution >= 4 is 35.5 Å². The summed E-state index contributed by atoms with van der Waals surface area (Å²) < 4.78 is 24.5. The van der Waals surface area contributed by atoms with Crippen molar-refractivity contribution in [3.05, 3.63) is 82.9 Å². The Morgan fingerprint density at radius 1 is 0.679 bits per heavy atom. The molecule has 2 heterocycles. The smallest absolute Gasteiger partial charge is 0.331 e. The van der Waals surface area contributed by atoms with Crippen LogP contribution < -0.4 is 0 Å². The minimum atomic E-state index is -0.596. The fourth-order valence-electron chi connectivity index (χ4n) is 8.55. The first-order chi connectivity index (χ1) is 27.3. The van der Waals surface area contributed by atoms with Crippen LogP contribution >= 0.6 is 23.5 Å². The predicted molar refractivity (Wildman–Crippen MR) is 223 cm³/mol. The lowest BCUT2D eigenvalue weighted by Crippen LogP contribution is -2.45. The molecule has 12 heteroatoms. The lowest BCUT2D eigenvalue weighted by molar-refractivity contribution is -0.150. The summed E-state index contributed by atoms with van der Waals surface area (Å²) >= 11 is 3.03. The van der Waals surface area contributed by atoms with Gasteiger partial charge in [-0.1, -0.05) is 74.4 Å². The number of esters is 2. The fraction of sp³-hybridized carbons (Fsp3) is 0.500. The molecule has 2 aromatic heterocycles. The highest BCUT2D eigenvalue weighted by Crippen LogP contribution is 2.44. The van der Waals surface area contributed by atoms with Gasteiger partial charge in [0.15, 0.2) is 11.5 Å². The van der Waals surface area contributed by atoms with Crippen LogP contribution in [-0.2, 0) is 31.9 Å². The van der Waals surface area contributed by atoms with Crippen LogP contribution in [0.1, 0.15) is 101 Å². The standard InChI is InChI=1S/C44H56N4O6S2/c1-7-23-47(24-8-2)33-19-17-29-13-11-15-31(35-27-37(55-5)45-53-35)41(29)43(33)51-39(49)21-22-40(50)52-44-34(48(25-9-3)26-10-4)20-18-30-14-12-16-32(42(30)44)36-28-38(56-6)46-54-36/h11-16,21-22,27-28,33-34,43-44H,7-10,17-20,23-26H2,1-6H3/b22-21-. The van der Waals surface area contributed by atoms with E-state index in [4.69, 9.17) is 18.5 Å². The molecule has 4 aromatic rings. The summed E-state index contributed by atoms with van der Waals surface area (Å²) in [7, 11) is 0. The Bertz CT molecular complexity index is 1810. The fourth-order valence-corrected chi connectivity index (χ4v) is 9.22. The van der Waals surface area contributed by atoms with Gasteiger partial charge in [-0.3, -0.25) is 9.80 Å². The molecule has 0 saturated heterocycles. The Balaban J connectivity index is 1.31. The molecular weight excluding hydrogens is 745 g/mol. The molecule has 4 atom stereocenters. The highest BCUT2D eigenvalue weighted by molar-refractivity contribution is 7.98. The van der Waals surface area contributed by atoms with Crippen LogP contribution in [0, 0.1) is 0 Å². The van der Waals surface area contributed by atoms with Crippen molar-refractivity contribution < 1.29 is 28.1 Å². The second-order valence-electron chi connectivity index (χ2n) is 14.6. The number of rotatable bonds is 18. The molecule has 2 aliphatic rings. The van der Waals surface area contributed by atoms with Crippen molar-refractivity contribution in [1.82, 2.24) is 20.1 Å². The third kappa shape index (κ3) is 9.47. The summed E-state index contributed by atoms with van der Waals surface area (Å²) in [6.45, 7) is 12.2. The molecule has 0 spiro atoms. The molecule has 4 unspecified atom stereocenters. The average Bonchev–Trinajstić information content (AvgIpc) is 3.90. The molecule has 0 bridgehead atoms. The number of carbonyl (C=O) groups is 2. The van der Waals surface area contributed by atoms with Crippen LogP contribution in [0.25, 0.3) is 22.6 Å². The van der Waals surface area contributed by atoms with E-state index >= 15 is 0 Å². The van der Waals surface area contributed by atoms with Gasteiger partial charge in [-0.05, 0) is 101 Å². The molecule has 2 aliphatic carbocycles. The number of nitrogens with zero attached hydrogens (tertiary/aromatic N) is 4. The van der Waals surface area contributed by atoms with Gasteiger partial charge in [-0.15, -0.1) is 23.5 Å². The summed E-state index contributed by atoms with van der Waals surface area (Å²) in [6, 6.07) is 16.1. The minimum Gasteiger partial charge on any atom is -0.453 e. The lowest BCUT2D eigenvalue weighted by atomic mass is 9.81. The van der Waals surface area contributed by atoms with Crippen LogP contribution in [-0.4, -0.2) is 82.8 Å². The number of aryl methyl sites for hydroxylation is 2. The van der Waals surface area contributed by atoms with Gasteiger partial charge in [-0.25, -0.2) is 9.59 Å². The maximum atomic E-state index is 13.9. The first-order valence-corrected chi connectivity index (χ1v) is 22.6. The van der Waals surface area contributed by atoms with Crippen LogP contribution in [0.4, 0.5) is 0 Å². The van der Waals surface area contributed by atoms with Crippen LogP contribution in [0.2, 0.25) is 0 Å². The van der Waals surface area contributed by atoms with E-state index in [1.54, 1.807) is 0 Å². The molecule has 10 nitrogen and oxygen atoms in total. The first kappa shape index (κ1) is 41.8. The lowest BCUT2D eigenvalue weighted by Gasteiger charge is -2.41. The Hall–Kier alpha value is -3.84. The van der Waals surface area contributed by atoms with E-state index < -0.39 is 24.1 Å². The SMILES string of the molecule is CCCN(CCC)C1CCc2cccc(-c3cc(SC)no3)c2C1OC(=O)/C=C\C(=O)OC1c2c(cccc2-c2cc(SC)no2)CCC1N(CCC)CCC. The van der Waals surface area contributed by atoms with E-state index in [9.17, 15) is 9.59 Å². The normalized spacial score (nSPS) is 19.4. The van der Waals surface area contributed by atoms with Gasteiger partial charge in [0.05, 0.1) is 12.1 Å². The van der Waals surface area contributed by atoms with Gasteiger partial charge < -0.3 is 18.5 Å². The zero-order chi connectivity index (χ0) is 39.6. The van der Waals surface area contributed by atoms with Gasteiger partial charge in [0, 0.05) is 46.5 Å². The Kier molecular flexibility index (Phi) is 14.9. The molecular formula is C44H56N4O6S2. The monoisotopic (exact) mass is 800 g/mol. The molecule has 0 amide bonds. The second kappa shape index (κ2) is 20.0. The topological polar surface area (TPSA) is 111 Å². The summed E-state index contributed by atoms with van der Waals surface area (Å²) in [4.78, 5) is 32.7. The zero-order valence-corrected chi connectivity index (χ0v) is 35.3. The number of carbonyl (C=O) groups excluding carboxylic acids is 2. The number of ether oxygens (including phenoxy) is 2. The van der Waals surface area contributed by atoms with E-state index in [1.807, 2.05) is 48.9 Å². The van der Waals surface area contributed by atoms with Crippen molar-refractivity contribution in [2.24, 2.45) is 0 Å². The molecule has 0 fully saturated rings. The van der Waals surface area contributed by atoms with Gasteiger partial charge in [0.25, 0.3) is 0 Å². The van der Waals surface area contributed by atoms with Crippen molar-refractivity contribution in [2.45, 2.75) is 113 Å². The summed E-state index contributed by atoms with van der Waals surface area (Å²) in [6.07, 6.45) is 12.5. The first-order valence-electron chi connectivity index (χ1n) is 20.2. The second-order valence-corrected chi connectivity index (χ2v) is 16.2. The largest absolute Gasteiger partial charge is 0.453 e. The maximum absolute atomic E-state index is 13.9. The molecule has 0 saturated carbocycles. The van der Waals surface area contributed by atoms with Crippen molar-refractivity contribution in [3.63, 3.8) is 0 Å². The Morgan fingerprint density at radius 3 is 1.41 bits per heavy atom. The van der Waals surface area contributed by atoms with Crippen LogP contribution in [0.15, 0.2) is 79.8 Å². The number of benzene rings is 2. The molecule has 6 rings (SSSR count). The number of fused-ring (bicyclic) bond motifs is 2. The Morgan fingerprint density at radius 2 is 1.07 bits per heavy atom.